The number of carbonyl (C=O) groups excluding carboxylic acids is 1. The molecule has 2 aliphatic heterocycles. The molecule has 3 fully saturated rings. The van der Waals surface area contributed by atoms with Crippen molar-refractivity contribution in [3.63, 3.8) is 0 Å². The lowest BCUT2D eigenvalue weighted by atomic mass is 9.97. The average Bonchev–Trinajstić information content (AvgIpc) is 3.25. The van der Waals surface area contributed by atoms with E-state index in [1.165, 1.54) is 18.4 Å². The van der Waals surface area contributed by atoms with Gasteiger partial charge in [0.15, 0.2) is 0 Å². The Bertz CT molecular complexity index is 631. The van der Waals surface area contributed by atoms with Crippen LogP contribution in [0.25, 0.3) is 0 Å². The van der Waals surface area contributed by atoms with Gasteiger partial charge < -0.3 is 14.8 Å². The number of amides is 1. The van der Waals surface area contributed by atoms with E-state index in [1.54, 1.807) is 7.11 Å². The molecule has 0 aromatic heterocycles. The van der Waals surface area contributed by atoms with Crippen LogP contribution in [0, 0.1) is 5.92 Å². The summed E-state index contributed by atoms with van der Waals surface area (Å²) < 4.78 is 11.0. The van der Waals surface area contributed by atoms with Gasteiger partial charge in [-0.25, -0.2) is 0 Å². The molecule has 4 atom stereocenters. The summed E-state index contributed by atoms with van der Waals surface area (Å²) in [6.45, 7) is 3.74. The molecular weight excluding hydrogens is 316 g/mol. The van der Waals surface area contributed by atoms with Gasteiger partial charge in [-0.05, 0) is 50.3 Å². The molecule has 1 saturated carbocycles. The zero-order valence-corrected chi connectivity index (χ0v) is 15.1. The number of ether oxygens (including phenoxy) is 2. The molecule has 4 unspecified atom stereocenters. The normalized spacial score (nSPS) is 32.7. The van der Waals surface area contributed by atoms with E-state index in [4.69, 9.17) is 9.47 Å². The van der Waals surface area contributed by atoms with Crippen LogP contribution in [0.1, 0.15) is 44.2 Å². The predicted molar refractivity (Wildman–Crippen MR) is 95.5 cm³/mol. The topological polar surface area (TPSA) is 50.8 Å². The largest absolute Gasteiger partial charge is 0.497 e. The molecule has 1 aliphatic carbocycles. The fourth-order valence-corrected chi connectivity index (χ4v) is 4.40. The van der Waals surface area contributed by atoms with Gasteiger partial charge in [0.1, 0.15) is 5.75 Å². The van der Waals surface area contributed by atoms with Crippen LogP contribution in [0.15, 0.2) is 24.3 Å². The highest BCUT2D eigenvalue weighted by molar-refractivity contribution is 5.80. The van der Waals surface area contributed by atoms with E-state index < -0.39 is 0 Å². The van der Waals surface area contributed by atoms with Crippen molar-refractivity contribution in [2.45, 2.75) is 56.8 Å². The fourth-order valence-electron chi connectivity index (χ4n) is 4.40. The first-order valence-corrected chi connectivity index (χ1v) is 9.49. The first-order valence-electron chi connectivity index (χ1n) is 9.49. The number of nitrogens with zero attached hydrogens (tertiary/aromatic N) is 1. The summed E-state index contributed by atoms with van der Waals surface area (Å²) in [5, 5.41) is 3.35. The third kappa shape index (κ3) is 3.40. The third-order valence-electron chi connectivity index (χ3n) is 5.93. The Morgan fingerprint density at radius 3 is 2.80 bits per heavy atom. The zero-order chi connectivity index (χ0) is 17.4. The van der Waals surface area contributed by atoms with Gasteiger partial charge in [-0.1, -0.05) is 12.1 Å². The minimum Gasteiger partial charge on any atom is -0.497 e. The molecule has 1 aromatic rings. The summed E-state index contributed by atoms with van der Waals surface area (Å²) in [6.07, 6.45) is 4.40. The maximum Gasteiger partial charge on any atom is 0.226 e. The quantitative estimate of drug-likeness (QED) is 0.892. The van der Waals surface area contributed by atoms with Crippen LogP contribution < -0.4 is 10.1 Å². The first-order chi connectivity index (χ1) is 12.2. The molecule has 1 aromatic carbocycles. The molecule has 0 radical (unpaired) electrons. The van der Waals surface area contributed by atoms with Crippen molar-refractivity contribution in [3.8, 4) is 5.75 Å². The Morgan fingerprint density at radius 1 is 1.28 bits per heavy atom. The summed E-state index contributed by atoms with van der Waals surface area (Å²) in [4.78, 5) is 15.3. The van der Waals surface area contributed by atoms with Crippen LogP contribution >= 0.6 is 0 Å². The van der Waals surface area contributed by atoms with Crippen LogP contribution in [0.5, 0.6) is 5.75 Å². The van der Waals surface area contributed by atoms with Crippen molar-refractivity contribution in [1.82, 2.24) is 10.2 Å². The number of methoxy groups -OCH3 is 1. The number of rotatable bonds is 5. The highest BCUT2D eigenvalue weighted by Gasteiger charge is 2.44. The second kappa shape index (κ2) is 6.96. The van der Waals surface area contributed by atoms with E-state index in [2.05, 4.69) is 22.3 Å². The molecule has 4 rings (SSSR count). The van der Waals surface area contributed by atoms with E-state index in [0.29, 0.717) is 12.6 Å². The SMILES string of the molecule is COc1cccc(C2C(NC(=O)C3CCOC3C)CCN2C2CC2)c1. The standard InChI is InChI=1S/C20H28N2O3/c1-13-17(9-11-25-13)20(23)21-18-8-10-22(15-6-7-15)19(18)14-4-3-5-16(12-14)24-2/h3-5,12-13,15,17-19H,6-11H2,1-2H3,(H,21,23). The van der Waals surface area contributed by atoms with Crippen LogP contribution in [0.3, 0.4) is 0 Å². The van der Waals surface area contributed by atoms with Gasteiger partial charge in [-0.2, -0.15) is 0 Å². The van der Waals surface area contributed by atoms with Crippen molar-refractivity contribution in [3.05, 3.63) is 29.8 Å². The average molecular weight is 344 g/mol. The lowest BCUT2D eigenvalue weighted by molar-refractivity contribution is -0.127. The maximum atomic E-state index is 12.8. The van der Waals surface area contributed by atoms with Crippen LogP contribution in [-0.2, 0) is 9.53 Å². The van der Waals surface area contributed by atoms with Gasteiger partial charge in [0.25, 0.3) is 0 Å². The van der Waals surface area contributed by atoms with Crippen molar-refractivity contribution in [2.24, 2.45) is 5.92 Å². The van der Waals surface area contributed by atoms with Crippen molar-refractivity contribution >= 4 is 5.91 Å². The van der Waals surface area contributed by atoms with Gasteiger partial charge in [0, 0.05) is 25.2 Å². The minimum atomic E-state index is -0.0130. The molecular formula is C20H28N2O3. The minimum absolute atomic E-state index is 0.0130. The molecule has 1 N–H and O–H groups in total. The Hall–Kier alpha value is -1.59. The van der Waals surface area contributed by atoms with E-state index in [1.807, 2.05) is 19.1 Å². The number of nitrogens with one attached hydrogen (secondary N) is 1. The predicted octanol–water partition coefficient (Wildman–Crippen LogP) is 2.51. The summed E-state index contributed by atoms with van der Waals surface area (Å²) in [7, 11) is 1.70. The summed E-state index contributed by atoms with van der Waals surface area (Å²) in [5.41, 5.74) is 1.24. The van der Waals surface area contributed by atoms with Crippen molar-refractivity contribution in [2.75, 3.05) is 20.3 Å². The van der Waals surface area contributed by atoms with Gasteiger partial charge in [-0.15, -0.1) is 0 Å². The number of hydrogen-bond acceptors (Lipinski definition) is 4. The molecule has 1 amide bonds. The second-order valence-corrected chi connectivity index (χ2v) is 7.57. The fraction of sp³-hybridized carbons (Fsp3) is 0.650. The van der Waals surface area contributed by atoms with Gasteiger partial charge in [0.2, 0.25) is 5.91 Å². The van der Waals surface area contributed by atoms with Gasteiger partial charge >= 0.3 is 0 Å². The van der Waals surface area contributed by atoms with Gasteiger partial charge in [0.05, 0.1) is 25.2 Å². The number of carbonyl (C=O) groups is 1. The molecule has 2 heterocycles. The molecule has 136 valence electrons. The summed E-state index contributed by atoms with van der Waals surface area (Å²) in [6, 6.07) is 9.37. The highest BCUT2D eigenvalue weighted by Crippen LogP contribution is 2.42. The molecule has 0 spiro atoms. The smallest absolute Gasteiger partial charge is 0.226 e. The van der Waals surface area contributed by atoms with Crippen LogP contribution in [0.4, 0.5) is 0 Å². The number of likely N-dealkylation sites (tertiary alicyclic amines) is 1. The van der Waals surface area contributed by atoms with Crippen molar-refractivity contribution in [1.29, 1.82) is 0 Å². The Labute approximate surface area is 149 Å². The van der Waals surface area contributed by atoms with E-state index >= 15 is 0 Å². The molecule has 3 aliphatic rings. The Balaban J connectivity index is 1.54. The summed E-state index contributed by atoms with van der Waals surface area (Å²) in [5.74, 6) is 1.02. The lowest BCUT2D eigenvalue weighted by Gasteiger charge is -2.30. The first kappa shape index (κ1) is 16.9. The molecule has 2 saturated heterocycles. The van der Waals surface area contributed by atoms with Crippen molar-refractivity contribution < 1.29 is 14.3 Å². The summed E-state index contributed by atoms with van der Waals surface area (Å²) >= 11 is 0. The molecule has 5 nitrogen and oxygen atoms in total. The number of benzene rings is 1. The zero-order valence-electron chi connectivity index (χ0n) is 15.1. The lowest BCUT2D eigenvalue weighted by Crippen LogP contribution is -2.44. The highest BCUT2D eigenvalue weighted by atomic mass is 16.5. The van der Waals surface area contributed by atoms with Gasteiger partial charge in [-0.3, -0.25) is 9.69 Å². The van der Waals surface area contributed by atoms with E-state index in [-0.39, 0.29) is 30.0 Å². The molecule has 0 bridgehead atoms. The second-order valence-electron chi connectivity index (χ2n) is 7.57. The Kier molecular flexibility index (Phi) is 4.69. The van der Waals surface area contributed by atoms with Crippen LogP contribution in [0.2, 0.25) is 0 Å². The monoisotopic (exact) mass is 344 g/mol. The van der Waals surface area contributed by atoms with E-state index in [9.17, 15) is 4.79 Å². The maximum absolute atomic E-state index is 12.8. The molecule has 5 heteroatoms. The Morgan fingerprint density at radius 2 is 2.12 bits per heavy atom. The van der Waals surface area contributed by atoms with Crippen LogP contribution in [-0.4, -0.2) is 49.3 Å². The third-order valence-corrected chi connectivity index (χ3v) is 5.93. The number of hydrogen-bond donors (Lipinski definition) is 1. The van der Waals surface area contributed by atoms with E-state index in [0.717, 1.165) is 25.1 Å². The molecule has 25 heavy (non-hydrogen) atoms.